The van der Waals surface area contributed by atoms with Crippen LogP contribution in [0.4, 0.5) is 0 Å². The fourth-order valence-electron chi connectivity index (χ4n) is 2.43. The van der Waals surface area contributed by atoms with Gasteiger partial charge in [0.1, 0.15) is 5.75 Å². The van der Waals surface area contributed by atoms with E-state index in [2.05, 4.69) is 26.0 Å². The Labute approximate surface area is 119 Å². The summed E-state index contributed by atoms with van der Waals surface area (Å²) in [5.74, 6) is 1.02. The lowest BCUT2D eigenvalue weighted by atomic mass is 10.0. The molecular formula is C18H30O. The molecule has 0 aliphatic rings. The Bertz CT molecular complexity index is 294. The van der Waals surface area contributed by atoms with Crippen molar-refractivity contribution >= 4 is 0 Å². The number of ether oxygens (including phenoxy) is 1. The summed E-state index contributed by atoms with van der Waals surface area (Å²) in [6.07, 6.45) is 12.1. The Morgan fingerprint density at radius 2 is 1.47 bits per heavy atom. The van der Waals surface area contributed by atoms with E-state index in [9.17, 15) is 0 Å². The van der Waals surface area contributed by atoms with E-state index < -0.39 is 0 Å². The molecule has 19 heavy (non-hydrogen) atoms. The smallest absolute Gasteiger partial charge is 0.119 e. The molecule has 0 saturated heterocycles. The van der Waals surface area contributed by atoms with E-state index in [0.29, 0.717) is 6.10 Å². The van der Waals surface area contributed by atoms with Gasteiger partial charge in [-0.15, -0.1) is 0 Å². The van der Waals surface area contributed by atoms with Crippen molar-refractivity contribution in [1.29, 1.82) is 0 Å². The number of para-hydroxylation sites is 1. The molecular weight excluding hydrogens is 232 g/mol. The van der Waals surface area contributed by atoms with E-state index >= 15 is 0 Å². The number of hydrogen-bond acceptors (Lipinski definition) is 1. The van der Waals surface area contributed by atoms with Crippen molar-refractivity contribution < 1.29 is 4.74 Å². The zero-order valence-corrected chi connectivity index (χ0v) is 12.7. The van der Waals surface area contributed by atoms with Gasteiger partial charge in [-0.1, -0.05) is 70.6 Å². The maximum Gasteiger partial charge on any atom is 0.119 e. The maximum atomic E-state index is 6.08. The van der Waals surface area contributed by atoms with Crippen LogP contribution < -0.4 is 4.74 Å². The summed E-state index contributed by atoms with van der Waals surface area (Å²) in [6, 6.07) is 10.2. The lowest BCUT2D eigenvalue weighted by Gasteiger charge is -2.18. The molecule has 1 aromatic rings. The SMILES string of the molecule is CCCCCCCCC(CCC)Oc1ccccc1. The average Bonchev–Trinajstić information content (AvgIpc) is 2.44. The van der Waals surface area contributed by atoms with Gasteiger partial charge < -0.3 is 4.74 Å². The third-order valence-corrected chi connectivity index (χ3v) is 3.54. The topological polar surface area (TPSA) is 9.23 Å². The van der Waals surface area contributed by atoms with Crippen molar-refractivity contribution in [2.75, 3.05) is 0 Å². The monoisotopic (exact) mass is 262 g/mol. The predicted octanol–water partition coefficient (Wildman–Crippen LogP) is 5.98. The van der Waals surface area contributed by atoms with Crippen molar-refractivity contribution in [2.24, 2.45) is 0 Å². The quantitative estimate of drug-likeness (QED) is 0.445. The molecule has 0 N–H and O–H groups in total. The summed E-state index contributed by atoms with van der Waals surface area (Å²) in [5, 5.41) is 0. The van der Waals surface area contributed by atoms with Crippen LogP contribution in [0.2, 0.25) is 0 Å². The van der Waals surface area contributed by atoms with Gasteiger partial charge in [0.05, 0.1) is 6.10 Å². The fraction of sp³-hybridized carbons (Fsp3) is 0.667. The van der Waals surface area contributed by atoms with Crippen LogP contribution in [-0.2, 0) is 0 Å². The molecule has 0 radical (unpaired) electrons. The zero-order chi connectivity index (χ0) is 13.8. The molecule has 1 rings (SSSR count). The molecule has 0 fully saturated rings. The van der Waals surface area contributed by atoms with Crippen LogP contribution in [0.25, 0.3) is 0 Å². The van der Waals surface area contributed by atoms with E-state index in [1.807, 2.05) is 18.2 Å². The van der Waals surface area contributed by atoms with Gasteiger partial charge in [0.25, 0.3) is 0 Å². The van der Waals surface area contributed by atoms with Crippen LogP contribution >= 0.6 is 0 Å². The second-order valence-electron chi connectivity index (χ2n) is 5.40. The molecule has 0 amide bonds. The van der Waals surface area contributed by atoms with Crippen LogP contribution in [0, 0.1) is 0 Å². The van der Waals surface area contributed by atoms with E-state index in [1.165, 1.54) is 57.8 Å². The van der Waals surface area contributed by atoms with E-state index in [1.54, 1.807) is 0 Å². The Balaban J connectivity index is 2.21. The number of rotatable bonds is 11. The lowest BCUT2D eigenvalue weighted by molar-refractivity contribution is 0.175. The van der Waals surface area contributed by atoms with E-state index in [0.717, 1.165) is 5.75 Å². The summed E-state index contributed by atoms with van der Waals surface area (Å²) >= 11 is 0. The molecule has 0 spiro atoms. The molecule has 0 aliphatic heterocycles. The first-order valence-electron chi connectivity index (χ1n) is 8.08. The Morgan fingerprint density at radius 1 is 0.789 bits per heavy atom. The summed E-state index contributed by atoms with van der Waals surface area (Å²) in [5.41, 5.74) is 0. The van der Waals surface area contributed by atoms with Gasteiger partial charge in [-0.3, -0.25) is 0 Å². The molecule has 1 nitrogen and oxygen atoms in total. The minimum atomic E-state index is 0.401. The standard InChI is InChI=1S/C18H30O/c1-3-5-6-7-8-10-14-17(13-4-2)19-18-15-11-9-12-16-18/h9,11-12,15-17H,3-8,10,13-14H2,1-2H3. The first kappa shape index (κ1) is 16.1. The number of unbranched alkanes of at least 4 members (excludes halogenated alkanes) is 5. The lowest BCUT2D eigenvalue weighted by Crippen LogP contribution is -2.16. The predicted molar refractivity (Wildman–Crippen MR) is 83.8 cm³/mol. The van der Waals surface area contributed by atoms with E-state index in [4.69, 9.17) is 4.74 Å². The first-order valence-corrected chi connectivity index (χ1v) is 8.08. The Hall–Kier alpha value is -0.980. The summed E-state index contributed by atoms with van der Waals surface area (Å²) < 4.78 is 6.08. The summed E-state index contributed by atoms with van der Waals surface area (Å²) in [7, 11) is 0. The summed E-state index contributed by atoms with van der Waals surface area (Å²) in [6.45, 7) is 4.51. The molecule has 0 saturated carbocycles. The van der Waals surface area contributed by atoms with Crippen LogP contribution in [0.15, 0.2) is 30.3 Å². The van der Waals surface area contributed by atoms with Crippen molar-refractivity contribution in [3.63, 3.8) is 0 Å². The highest BCUT2D eigenvalue weighted by Crippen LogP contribution is 2.18. The van der Waals surface area contributed by atoms with Crippen molar-refractivity contribution in [3.8, 4) is 5.75 Å². The van der Waals surface area contributed by atoms with Crippen molar-refractivity contribution in [3.05, 3.63) is 30.3 Å². The molecule has 1 heteroatoms. The molecule has 0 aromatic heterocycles. The first-order chi connectivity index (χ1) is 9.36. The van der Waals surface area contributed by atoms with Gasteiger partial charge in [-0.25, -0.2) is 0 Å². The van der Waals surface area contributed by atoms with Gasteiger partial charge >= 0.3 is 0 Å². The van der Waals surface area contributed by atoms with Crippen LogP contribution in [0.5, 0.6) is 5.75 Å². The highest BCUT2D eigenvalue weighted by atomic mass is 16.5. The molecule has 1 aromatic carbocycles. The largest absolute Gasteiger partial charge is 0.490 e. The van der Waals surface area contributed by atoms with E-state index in [-0.39, 0.29) is 0 Å². The van der Waals surface area contributed by atoms with Gasteiger partial charge in [-0.2, -0.15) is 0 Å². The third kappa shape index (κ3) is 7.92. The van der Waals surface area contributed by atoms with Crippen LogP contribution in [0.3, 0.4) is 0 Å². The molecule has 0 bridgehead atoms. The number of hydrogen-bond donors (Lipinski definition) is 0. The second-order valence-corrected chi connectivity index (χ2v) is 5.40. The number of benzene rings is 1. The minimum absolute atomic E-state index is 0.401. The molecule has 1 atom stereocenters. The third-order valence-electron chi connectivity index (χ3n) is 3.54. The average molecular weight is 262 g/mol. The van der Waals surface area contributed by atoms with Gasteiger partial charge in [0.2, 0.25) is 0 Å². The normalized spacial score (nSPS) is 12.3. The summed E-state index contributed by atoms with van der Waals surface area (Å²) in [4.78, 5) is 0. The molecule has 0 aliphatic carbocycles. The molecule has 1 unspecified atom stereocenters. The van der Waals surface area contributed by atoms with Crippen molar-refractivity contribution in [1.82, 2.24) is 0 Å². The van der Waals surface area contributed by atoms with Gasteiger partial charge in [0, 0.05) is 0 Å². The maximum absolute atomic E-state index is 6.08. The van der Waals surface area contributed by atoms with Crippen LogP contribution in [-0.4, -0.2) is 6.10 Å². The van der Waals surface area contributed by atoms with Crippen molar-refractivity contribution in [2.45, 2.75) is 77.7 Å². The minimum Gasteiger partial charge on any atom is -0.490 e. The Kier molecular flexibility index (Phi) is 9.22. The Morgan fingerprint density at radius 3 is 2.16 bits per heavy atom. The fourth-order valence-corrected chi connectivity index (χ4v) is 2.43. The highest BCUT2D eigenvalue weighted by Gasteiger charge is 2.09. The van der Waals surface area contributed by atoms with Gasteiger partial charge in [0.15, 0.2) is 0 Å². The molecule has 0 heterocycles. The second kappa shape index (κ2) is 10.9. The zero-order valence-electron chi connectivity index (χ0n) is 12.7. The van der Waals surface area contributed by atoms with Crippen LogP contribution in [0.1, 0.15) is 71.6 Å². The highest BCUT2D eigenvalue weighted by molar-refractivity contribution is 5.21. The van der Waals surface area contributed by atoms with Gasteiger partial charge in [-0.05, 0) is 31.4 Å². The molecule has 108 valence electrons.